The minimum atomic E-state index is -0.622. The molecule has 0 amide bonds. The van der Waals surface area contributed by atoms with Gasteiger partial charge >= 0.3 is 5.97 Å². The van der Waals surface area contributed by atoms with E-state index in [0.29, 0.717) is 13.0 Å². The summed E-state index contributed by atoms with van der Waals surface area (Å²) in [5, 5.41) is -0.622. The first kappa shape index (κ1) is 12.5. The first-order valence-electron chi connectivity index (χ1n) is 4.69. The fourth-order valence-electron chi connectivity index (χ4n) is 1.17. The third kappa shape index (κ3) is 3.84. The molecule has 1 unspecified atom stereocenters. The van der Waals surface area contributed by atoms with Crippen molar-refractivity contribution >= 4 is 33.5 Å². The van der Waals surface area contributed by atoms with Crippen molar-refractivity contribution in [2.45, 2.75) is 18.7 Å². The van der Waals surface area contributed by atoms with Crippen molar-refractivity contribution in [3.8, 4) is 0 Å². The molecule has 0 saturated carbocycles. The zero-order chi connectivity index (χ0) is 11.3. The molecule has 1 aromatic rings. The molecule has 0 aliphatic heterocycles. The summed E-state index contributed by atoms with van der Waals surface area (Å²) in [6.45, 7) is 2.12. The number of carbonyl (C=O) groups is 1. The summed E-state index contributed by atoms with van der Waals surface area (Å²) >= 11 is 9.32. The Labute approximate surface area is 103 Å². The molecule has 4 heteroatoms. The highest BCUT2D eigenvalue weighted by Gasteiger charge is 2.17. The number of benzene rings is 1. The normalized spacial score (nSPS) is 12.2. The van der Waals surface area contributed by atoms with Gasteiger partial charge in [-0.15, -0.1) is 11.6 Å². The fraction of sp³-hybridized carbons (Fsp3) is 0.364. The Hall–Kier alpha value is -0.540. The number of carbonyl (C=O) groups excluding carboxylic acids is 1. The molecule has 0 aliphatic carbocycles. The first-order valence-corrected chi connectivity index (χ1v) is 5.92. The van der Waals surface area contributed by atoms with Crippen molar-refractivity contribution < 1.29 is 9.53 Å². The van der Waals surface area contributed by atoms with Crippen LogP contribution in [0.5, 0.6) is 0 Å². The van der Waals surface area contributed by atoms with Gasteiger partial charge in [-0.2, -0.15) is 0 Å². The largest absolute Gasteiger partial charge is 0.465 e. The number of rotatable bonds is 4. The number of hydrogen-bond donors (Lipinski definition) is 0. The lowest BCUT2D eigenvalue weighted by molar-refractivity contribution is -0.142. The van der Waals surface area contributed by atoms with Crippen molar-refractivity contribution in [2.75, 3.05) is 6.61 Å². The van der Waals surface area contributed by atoms with E-state index in [1.54, 1.807) is 6.92 Å². The van der Waals surface area contributed by atoms with E-state index < -0.39 is 5.38 Å². The molecular weight excluding hydrogens is 279 g/mol. The van der Waals surface area contributed by atoms with Crippen LogP contribution in [-0.4, -0.2) is 18.0 Å². The molecule has 1 aromatic carbocycles. The van der Waals surface area contributed by atoms with E-state index in [9.17, 15) is 4.79 Å². The van der Waals surface area contributed by atoms with Crippen LogP contribution in [-0.2, 0) is 16.0 Å². The lowest BCUT2D eigenvalue weighted by Gasteiger charge is -2.09. The second kappa shape index (κ2) is 6.13. The van der Waals surface area contributed by atoms with E-state index in [0.717, 1.165) is 10.0 Å². The Morgan fingerprint density at radius 1 is 1.53 bits per heavy atom. The van der Waals surface area contributed by atoms with E-state index in [2.05, 4.69) is 15.9 Å². The summed E-state index contributed by atoms with van der Waals surface area (Å²) in [4.78, 5) is 11.3. The predicted octanol–water partition coefficient (Wildman–Crippen LogP) is 3.16. The van der Waals surface area contributed by atoms with Gasteiger partial charge in [0.05, 0.1) is 6.61 Å². The van der Waals surface area contributed by atoms with Crippen molar-refractivity contribution in [1.29, 1.82) is 0 Å². The van der Waals surface area contributed by atoms with Crippen molar-refractivity contribution in [3.63, 3.8) is 0 Å². The Balaban J connectivity index is 2.62. The van der Waals surface area contributed by atoms with Crippen LogP contribution in [0.25, 0.3) is 0 Å². The van der Waals surface area contributed by atoms with Gasteiger partial charge in [-0.25, -0.2) is 0 Å². The highest BCUT2D eigenvalue weighted by Crippen LogP contribution is 2.19. The van der Waals surface area contributed by atoms with Gasteiger partial charge in [0.2, 0.25) is 0 Å². The second-order valence-electron chi connectivity index (χ2n) is 3.02. The fourth-order valence-corrected chi connectivity index (χ4v) is 1.85. The summed E-state index contributed by atoms with van der Waals surface area (Å²) in [6, 6.07) is 7.68. The van der Waals surface area contributed by atoms with Crippen molar-refractivity contribution in [3.05, 3.63) is 34.3 Å². The van der Waals surface area contributed by atoms with E-state index in [4.69, 9.17) is 16.3 Å². The summed E-state index contributed by atoms with van der Waals surface area (Å²) in [5.41, 5.74) is 1.01. The SMILES string of the molecule is CCOC(=O)C(Cl)Cc1ccccc1Br. The molecule has 0 aliphatic rings. The minimum absolute atomic E-state index is 0.359. The number of esters is 1. The molecule has 0 aromatic heterocycles. The Morgan fingerprint density at radius 2 is 2.20 bits per heavy atom. The van der Waals surface area contributed by atoms with Gasteiger partial charge in [0, 0.05) is 10.9 Å². The maximum absolute atomic E-state index is 11.3. The van der Waals surface area contributed by atoms with E-state index in [-0.39, 0.29) is 5.97 Å². The molecule has 0 heterocycles. The predicted molar refractivity (Wildman–Crippen MR) is 64.1 cm³/mol. The topological polar surface area (TPSA) is 26.3 Å². The maximum atomic E-state index is 11.3. The Kier molecular flexibility index (Phi) is 5.12. The summed E-state index contributed by atoms with van der Waals surface area (Å²) in [5.74, 6) is -0.366. The molecule has 0 saturated heterocycles. The molecule has 0 fully saturated rings. The van der Waals surface area contributed by atoms with Crippen LogP contribution in [0.4, 0.5) is 0 Å². The van der Waals surface area contributed by atoms with Gasteiger partial charge < -0.3 is 4.74 Å². The van der Waals surface area contributed by atoms with Crippen molar-refractivity contribution in [2.24, 2.45) is 0 Å². The molecule has 0 spiro atoms. The highest BCUT2D eigenvalue weighted by molar-refractivity contribution is 9.10. The highest BCUT2D eigenvalue weighted by atomic mass is 79.9. The standard InChI is InChI=1S/C11H12BrClO2/c1-2-15-11(14)10(13)7-8-5-3-4-6-9(8)12/h3-6,10H,2,7H2,1H3. The average Bonchev–Trinajstić information content (AvgIpc) is 2.21. The third-order valence-corrected chi connectivity index (χ3v) is 3.01. The summed E-state index contributed by atoms with van der Waals surface area (Å²) < 4.78 is 5.79. The van der Waals surface area contributed by atoms with Crippen LogP contribution in [0, 0.1) is 0 Å². The van der Waals surface area contributed by atoms with E-state index >= 15 is 0 Å². The quantitative estimate of drug-likeness (QED) is 0.629. The van der Waals surface area contributed by atoms with Crippen molar-refractivity contribution in [1.82, 2.24) is 0 Å². The minimum Gasteiger partial charge on any atom is -0.465 e. The number of halogens is 2. The Morgan fingerprint density at radius 3 is 2.80 bits per heavy atom. The van der Waals surface area contributed by atoms with Gasteiger partial charge in [-0.3, -0.25) is 4.79 Å². The van der Waals surface area contributed by atoms with Gasteiger partial charge in [-0.1, -0.05) is 34.1 Å². The molecule has 0 N–H and O–H groups in total. The molecule has 82 valence electrons. The lowest BCUT2D eigenvalue weighted by atomic mass is 10.1. The first-order chi connectivity index (χ1) is 7.15. The van der Waals surface area contributed by atoms with Crippen LogP contribution in [0.15, 0.2) is 28.7 Å². The van der Waals surface area contributed by atoms with Gasteiger partial charge in [-0.05, 0) is 18.6 Å². The number of alkyl halides is 1. The van der Waals surface area contributed by atoms with E-state index in [1.807, 2.05) is 24.3 Å². The van der Waals surface area contributed by atoms with Gasteiger partial charge in [0.15, 0.2) is 0 Å². The van der Waals surface area contributed by atoms with Crippen LogP contribution >= 0.6 is 27.5 Å². The van der Waals surface area contributed by atoms with Crippen LogP contribution in [0.3, 0.4) is 0 Å². The van der Waals surface area contributed by atoms with Crippen LogP contribution in [0.1, 0.15) is 12.5 Å². The molecule has 1 rings (SSSR count). The molecule has 15 heavy (non-hydrogen) atoms. The number of ether oxygens (including phenoxy) is 1. The monoisotopic (exact) mass is 290 g/mol. The molecule has 0 radical (unpaired) electrons. The average molecular weight is 292 g/mol. The zero-order valence-corrected chi connectivity index (χ0v) is 10.7. The second-order valence-corrected chi connectivity index (χ2v) is 4.40. The molecular formula is C11H12BrClO2. The molecule has 0 bridgehead atoms. The smallest absolute Gasteiger partial charge is 0.324 e. The third-order valence-electron chi connectivity index (χ3n) is 1.90. The van der Waals surface area contributed by atoms with Gasteiger partial charge in [0.25, 0.3) is 0 Å². The lowest BCUT2D eigenvalue weighted by Crippen LogP contribution is -2.20. The van der Waals surface area contributed by atoms with E-state index in [1.165, 1.54) is 0 Å². The summed E-state index contributed by atoms with van der Waals surface area (Å²) in [6.07, 6.45) is 0.474. The van der Waals surface area contributed by atoms with Crippen LogP contribution < -0.4 is 0 Å². The maximum Gasteiger partial charge on any atom is 0.324 e. The molecule has 1 atom stereocenters. The zero-order valence-electron chi connectivity index (χ0n) is 8.37. The molecule has 2 nitrogen and oxygen atoms in total. The van der Waals surface area contributed by atoms with Gasteiger partial charge in [0.1, 0.15) is 5.38 Å². The number of hydrogen-bond acceptors (Lipinski definition) is 2. The Bertz CT molecular complexity index is 341. The van der Waals surface area contributed by atoms with Crippen LogP contribution in [0.2, 0.25) is 0 Å². The summed E-state index contributed by atoms with van der Waals surface area (Å²) in [7, 11) is 0.